The molecule has 1 aromatic heterocycles. The molecule has 0 radical (unpaired) electrons. The molecule has 0 aliphatic heterocycles. The molecule has 1 heterocycles. The molecular weight excluding hydrogens is 336 g/mol. The zero-order chi connectivity index (χ0) is 17.9. The first-order valence-corrected chi connectivity index (χ1v) is 8.85. The molecular formula is C18H20N4O2S. The quantitative estimate of drug-likeness (QED) is 0.634. The maximum absolute atomic E-state index is 12.0. The maximum Gasteiger partial charge on any atom is 0.319 e. The number of carbonyl (C=O) groups excluding carboxylic acids is 2. The largest absolute Gasteiger partial charge is 0.334 e. The summed E-state index contributed by atoms with van der Waals surface area (Å²) in [5.74, 6) is 1.06. The summed E-state index contributed by atoms with van der Waals surface area (Å²) in [7, 11) is 0. The van der Waals surface area contributed by atoms with E-state index >= 15 is 0 Å². The van der Waals surface area contributed by atoms with Crippen molar-refractivity contribution in [3.05, 3.63) is 67.0 Å². The number of nitrogens with one attached hydrogen (secondary N) is 3. The second kappa shape index (κ2) is 10.1. The van der Waals surface area contributed by atoms with Crippen molar-refractivity contribution in [1.82, 2.24) is 10.3 Å². The van der Waals surface area contributed by atoms with Crippen LogP contribution in [0.4, 0.5) is 16.2 Å². The number of hydrogen-bond donors (Lipinski definition) is 3. The highest BCUT2D eigenvalue weighted by molar-refractivity contribution is 7.99. The van der Waals surface area contributed by atoms with Crippen LogP contribution in [0.5, 0.6) is 0 Å². The number of amides is 3. The Kier molecular flexibility index (Phi) is 7.52. The van der Waals surface area contributed by atoms with Crippen molar-refractivity contribution in [2.45, 2.75) is 5.75 Å². The molecule has 6 nitrogen and oxygen atoms in total. The van der Waals surface area contributed by atoms with Gasteiger partial charge in [-0.1, -0.05) is 6.08 Å². The van der Waals surface area contributed by atoms with E-state index in [0.29, 0.717) is 23.7 Å². The summed E-state index contributed by atoms with van der Waals surface area (Å²) < 4.78 is 0. The number of anilines is 2. The molecule has 0 spiro atoms. The molecule has 1 aromatic carbocycles. The first-order valence-electron chi connectivity index (χ1n) is 7.69. The molecule has 0 aliphatic rings. The summed E-state index contributed by atoms with van der Waals surface area (Å²) in [6.07, 6.45) is 5.08. The fourth-order valence-electron chi connectivity index (χ4n) is 1.91. The van der Waals surface area contributed by atoms with Crippen molar-refractivity contribution in [3.8, 4) is 0 Å². The molecule has 2 rings (SSSR count). The number of rotatable bonds is 8. The van der Waals surface area contributed by atoms with Crippen molar-refractivity contribution in [3.63, 3.8) is 0 Å². The van der Waals surface area contributed by atoms with Gasteiger partial charge in [-0.15, -0.1) is 18.3 Å². The van der Waals surface area contributed by atoms with E-state index in [-0.39, 0.29) is 11.9 Å². The van der Waals surface area contributed by atoms with Crippen LogP contribution in [0, 0.1) is 0 Å². The second-order valence-electron chi connectivity index (χ2n) is 5.10. The van der Waals surface area contributed by atoms with Crippen molar-refractivity contribution in [1.29, 1.82) is 0 Å². The van der Waals surface area contributed by atoms with Crippen LogP contribution in [0.25, 0.3) is 0 Å². The van der Waals surface area contributed by atoms with Crippen LogP contribution in [-0.2, 0) is 10.5 Å². The van der Waals surface area contributed by atoms with Crippen LogP contribution >= 0.6 is 11.8 Å². The van der Waals surface area contributed by atoms with Gasteiger partial charge in [0.05, 0.1) is 5.75 Å². The van der Waals surface area contributed by atoms with Gasteiger partial charge >= 0.3 is 6.03 Å². The van der Waals surface area contributed by atoms with E-state index in [1.165, 1.54) is 11.8 Å². The standard InChI is InChI=1S/C18H20N4O2S/c1-2-9-20-18(24)22-16-5-3-15(4-6-16)21-17(23)13-25-12-14-7-10-19-11-8-14/h2-8,10-11H,1,9,12-13H2,(H,21,23)(H2,20,22,24). The van der Waals surface area contributed by atoms with E-state index in [0.717, 1.165) is 11.3 Å². The number of nitrogens with zero attached hydrogens (tertiary/aromatic N) is 1. The van der Waals surface area contributed by atoms with E-state index < -0.39 is 0 Å². The Morgan fingerprint density at radius 3 is 2.32 bits per heavy atom. The zero-order valence-corrected chi connectivity index (χ0v) is 14.5. The van der Waals surface area contributed by atoms with Gasteiger partial charge in [0.25, 0.3) is 0 Å². The van der Waals surface area contributed by atoms with Gasteiger partial charge in [0, 0.05) is 36.1 Å². The Morgan fingerprint density at radius 2 is 1.68 bits per heavy atom. The molecule has 0 unspecified atom stereocenters. The molecule has 0 fully saturated rings. The lowest BCUT2D eigenvalue weighted by Crippen LogP contribution is -2.28. The van der Waals surface area contributed by atoms with E-state index in [9.17, 15) is 9.59 Å². The minimum atomic E-state index is -0.302. The summed E-state index contributed by atoms with van der Waals surface area (Å²) in [5.41, 5.74) is 2.47. The normalized spacial score (nSPS) is 9.92. The molecule has 0 saturated carbocycles. The molecule has 25 heavy (non-hydrogen) atoms. The zero-order valence-electron chi connectivity index (χ0n) is 13.7. The van der Waals surface area contributed by atoms with Crippen molar-refractivity contribution in [2.24, 2.45) is 0 Å². The Morgan fingerprint density at radius 1 is 1.04 bits per heavy atom. The van der Waals surface area contributed by atoms with Gasteiger partial charge in [-0.2, -0.15) is 0 Å². The predicted octanol–water partition coefficient (Wildman–Crippen LogP) is 3.26. The number of carbonyl (C=O) groups is 2. The fraction of sp³-hybridized carbons (Fsp3) is 0.167. The van der Waals surface area contributed by atoms with Crippen molar-refractivity contribution < 1.29 is 9.59 Å². The van der Waals surface area contributed by atoms with Crippen LogP contribution in [0.3, 0.4) is 0 Å². The number of aromatic nitrogens is 1. The molecule has 0 atom stereocenters. The molecule has 130 valence electrons. The van der Waals surface area contributed by atoms with Gasteiger partial charge in [-0.3, -0.25) is 9.78 Å². The first-order chi connectivity index (χ1) is 12.2. The van der Waals surface area contributed by atoms with Gasteiger partial charge in [-0.25, -0.2) is 4.79 Å². The van der Waals surface area contributed by atoms with Crippen molar-refractivity contribution >= 4 is 35.1 Å². The average molecular weight is 356 g/mol. The lowest BCUT2D eigenvalue weighted by atomic mass is 10.3. The summed E-state index contributed by atoms with van der Waals surface area (Å²) in [6.45, 7) is 3.93. The Bertz CT molecular complexity index is 705. The third-order valence-electron chi connectivity index (χ3n) is 3.08. The number of benzene rings is 1. The van der Waals surface area contributed by atoms with E-state index in [1.54, 1.807) is 42.7 Å². The molecule has 3 N–H and O–H groups in total. The van der Waals surface area contributed by atoms with Crippen LogP contribution in [-0.4, -0.2) is 29.2 Å². The smallest absolute Gasteiger partial charge is 0.319 e. The highest BCUT2D eigenvalue weighted by Crippen LogP contribution is 2.15. The Balaban J connectivity index is 1.73. The predicted molar refractivity (Wildman–Crippen MR) is 103 cm³/mol. The van der Waals surface area contributed by atoms with Crippen LogP contribution in [0.15, 0.2) is 61.4 Å². The highest BCUT2D eigenvalue weighted by atomic mass is 32.2. The number of urea groups is 1. The topological polar surface area (TPSA) is 83.1 Å². The van der Waals surface area contributed by atoms with Gasteiger partial charge in [-0.05, 0) is 42.0 Å². The lowest BCUT2D eigenvalue weighted by molar-refractivity contribution is -0.113. The fourth-order valence-corrected chi connectivity index (χ4v) is 2.70. The first kappa shape index (κ1) is 18.5. The molecule has 0 bridgehead atoms. The third-order valence-corrected chi connectivity index (χ3v) is 4.09. The molecule has 7 heteroatoms. The summed E-state index contributed by atoms with van der Waals surface area (Å²) >= 11 is 1.54. The van der Waals surface area contributed by atoms with Gasteiger partial charge < -0.3 is 16.0 Å². The summed E-state index contributed by atoms with van der Waals surface area (Å²) in [4.78, 5) is 27.4. The minimum Gasteiger partial charge on any atom is -0.334 e. The number of pyridine rings is 1. The van der Waals surface area contributed by atoms with Crippen molar-refractivity contribution in [2.75, 3.05) is 22.9 Å². The van der Waals surface area contributed by atoms with E-state index in [1.807, 2.05) is 12.1 Å². The van der Waals surface area contributed by atoms with E-state index in [4.69, 9.17) is 0 Å². The van der Waals surface area contributed by atoms with Crippen LogP contribution in [0.1, 0.15) is 5.56 Å². The summed E-state index contributed by atoms with van der Waals surface area (Å²) in [6, 6.07) is 10.5. The monoisotopic (exact) mass is 356 g/mol. The highest BCUT2D eigenvalue weighted by Gasteiger charge is 2.04. The van der Waals surface area contributed by atoms with Gasteiger partial charge in [0.15, 0.2) is 0 Å². The minimum absolute atomic E-state index is 0.0662. The Labute approximate surface area is 151 Å². The average Bonchev–Trinajstić information content (AvgIpc) is 2.62. The van der Waals surface area contributed by atoms with Crippen LogP contribution < -0.4 is 16.0 Å². The molecule has 0 saturated heterocycles. The SMILES string of the molecule is C=CCNC(=O)Nc1ccc(NC(=O)CSCc2ccncc2)cc1. The van der Waals surface area contributed by atoms with E-state index in [2.05, 4.69) is 27.5 Å². The van der Waals surface area contributed by atoms with Crippen LogP contribution in [0.2, 0.25) is 0 Å². The third kappa shape index (κ3) is 7.09. The van der Waals surface area contributed by atoms with Gasteiger partial charge in [0.2, 0.25) is 5.91 Å². The van der Waals surface area contributed by atoms with Gasteiger partial charge in [0.1, 0.15) is 0 Å². The molecule has 0 aliphatic carbocycles. The number of hydrogen-bond acceptors (Lipinski definition) is 4. The lowest BCUT2D eigenvalue weighted by Gasteiger charge is -2.08. The summed E-state index contributed by atoms with van der Waals surface area (Å²) in [5, 5.41) is 8.14. The molecule has 3 amide bonds. The maximum atomic E-state index is 12.0. The second-order valence-corrected chi connectivity index (χ2v) is 6.08. The Hall–Kier alpha value is -2.80. The molecule has 2 aromatic rings. The number of thioether (sulfide) groups is 1.